The molecule has 98 valence electrons. The maximum atomic E-state index is 5.90. The van der Waals surface area contributed by atoms with Crippen molar-refractivity contribution in [2.45, 2.75) is 19.4 Å². The van der Waals surface area contributed by atoms with Gasteiger partial charge >= 0.3 is 0 Å². The van der Waals surface area contributed by atoms with E-state index >= 15 is 0 Å². The van der Waals surface area contributed by atoms with Crippen molar-refractivity contribution in [3.05, 3.63) is 24.2 Å². The Labute approximate surface area is 104 Å². The van der Waals surface area contributed by atoms with Gasteiger partial charge in [-0.25, -0.2) is 0 Å². The quantitative estimate of drug-likeness (QED) is 0.747. The third-order valence-corrected chi connectivity index (χ3v) is 2.94. The van der Waals surface area contributed by atoms with Crippen LogP contribution in [0.15, 0.2) is 23.0 Å². The standard InChI is InChI=1S/C13H25N3O/c1-4-6-16(8-7-15(2)3)13(10-14)12-5-9-17-11-12/h5,9,11,13H,4,6-8,10,14H2,1-3H3. The highest BCUT2D eigenvalue weighted by Gasteiger charge is 2.19. The summed E-state index contributed by atoms with van der Waals surface area (Å²) in [4.78, 5) is 4.64. The zero-order valence-electron chi connectivity index (χ0n) is 11.2. The second-order valence-electron chi connectivity index (χ2n) is 4.65. The number of hydrogen-bond acceptors (Lipinski definition) is 4. The van der Waals surface area contributed by atoms with Crippen molar-refractivity contribution in [1.82, 2.24) is 9.80 Å². The first-order valence-electron chi connectivity index (χ1n) is 6.30. The van der Waals surface area contributed by atoms with Crippen molar-refractivity contribution >= 4 is 0 Å². The Balaban J connectivity index is 2.65. The number of nitrogens with zero attached hydrogens (tertiary/aromatic N) is 2. The molecule has 4 heteroatoms. The molecule has 2 N–H and O–H groups in total. The predicted molar refractivity (Wildman–Crippen MR) is 70.9 cm³/mol. The lowest BCUT2D eigenvalue weighted by molar-refractivity contribution is 0.182. The smallest absolute Gasteiger partial charge is 0.0950 e. The van der Waals surface area contributed by atoms with Gasteiger partial charge in [-0.1, -0.05) is 6.92 Å². The van der Waals surface area contributed by atoms with Crippen molar-refractivity contribution in [2.75, 3.05) is 40.3 Å². The van der Waals surface area contributed by atoms with Crippen molar-refractivity contribution in [1.29, 1.82) is 0 Å². The van der Waals surface area contributed by atoms with Gasteiger partial charge in [0, 0.05) is 25.2 Å². The fourth-order valence-corrected chi connectivity index (χ4v) is 2.00. The van der Waals surface area contributed by atoms with Crippen LogP contribution in [0.1, 0.15) is 24.9 Å². The van der Waals surface area contributed by atoms with Crippen LogP contribution >= 0.6 is 0 Å². The number of hydrogen-bond donors (Lipinski definition) is 1. The molecular formula is C13H25N3O. The summed E-state index contributed by atoms with van der Waals surface area (Å²) in [7, 11) is 4.19. The molecule has 0 aliphatic heterocycles. The van der Waals surface area contributed by atoms with E-state index in [-0.39, 0.29) is 6.04 Å². The van der Waals surface area contributed by atoms with Crippen molar-refractivity contribution in [2.24, 2.45) is 5.73 Å². The van der Waals surface area contributed by atoms with Gasteiger partial charge in [0.25, 0.3) is 0 Å². The summed E-state index contributed by atoms with van der Waals surface area (Å²) in [6.45, 7) is 5.99. The Morgan fingerprint density at radius 1 is 1.29 bits per heavy atom. The van der Waals surface area contributed by atoms with Crippen LogP contribution in [-0.4, -0.2) is 50.1 Å². The molecule has 0 saturated heterocycles. The summed E-state index contributed by atoms with van der Waals surface area (Å²) < 4.78 is 5.16. The molecule has 0 aromatic carbocycles. The molecule has 0 bridgehead atoms. The number of furan rings is 1. The molecule has 1 heterocycles. The van der Waals surface area contributed by atoms with Gasteiger partial charge in [-0.2, -0.15) is 0 Å². The van der Waals surface area contributed by atoms with Crippen LogP contribution in [0, 0.1) is 0 Å². The van der Waals surface area contributed by atoms with Gasteiger partial charge in [-0.05, 0) is 33.1 Å². The molecule has 0 fully saturated rings. The molecule has 0 saturated carbocycles. The fourth-order valence-electron chi connectivity index (χ4n) is 2.00. The third-order valence-electron chi connectivity index (χ3n) is 2.94. The maximum Gasteiger partial charge on any atom is 0.0950 e. The van der Waals surface area contributed by atoms with Crippen LogP contribution < -0.4 is 5.73 Å². The summed E-state index contributed by atoms with van der Waals surface area (Å²) in [6.07, 6.45) is 4.66. The van der Waals surface area contributed by atoms with E-state index in [4.69, 9.17) is 10.2 Å². The molecule has 1 unspecified atom stereocenters. The summed E-state index contributed by atoms with van der Waals surface area (Å²) in [5.41, 5.74) is 7.08. The lowest BCUT2D eigenvalue weighted by Crippen LogP contribution is -2.38. The van der Waals surface area contributed by atoms with Gasteiger partial charge in [0.1, 0.15) is 0 Å². The molecule has 0 radical (unpaired) electrons. The highest BCUT2D eigenvalue weighted by molar-refractivity contribution is 5.12. The van der Waals surface area contributed by atoms with Crippen LogP contribution in [0.2, 0.25) is 0 Å². The molecule has 0 aliphatic carbocycles. The average Bonchev–Trinajstić information content (AvgIpc) is 2.80. The predicted octanol–water partition coefficient (Wildman–Crippen LogP) is 1.55. The zero-order chi connectivity index (χ0) is 12.7. The number of rotatable bonds is 8. The summed E-state index contributed by atoms with van der Waals surface area (Å²) in [6, 6.07) is 2.28. The minimum absolute atomic E-state index is 0.272. The molecule has 4 nitrogen and oxygen atoms in total. The van der Waals surface area contributed by atoms with Crippen molar-refractivity contribution in [3.8, 4) is 0 Å². The summed E-state index contributed by atoms with van der Waals surface area (Å²) in [5.74, 6) is 0. The number of likely N-dealkylation sites (N-methyl/N-ethyl adjacent to an activating group) is 1. The first-order chi connectivity index (χ1) is 8.19. The van der Waals surface area contributed by atoms with E-state index in [1.54, 1.807) is 12.5 Å². The molecule has 1 aromatic rings. The molecule has 1 rings (SSSR count). The lowest BCUT2D eigenvalue weighted by atomic mass is 10.1. The van der Waals surface area contributed by atoms with E-state index in [9.17, 15) is 0 Å². The lowest BCUT2D eigenvalue weighted by Gasteiger charge is -2.31. The monoisotopic (exact) mass is 239 g/mol. The Kier molecular flexibility index (Phi) is 6.26. The van der Waals surface area contributed by atoms with Crippen LogP contribution in [0.5, 0.6) is 0 Å². The Morgan fingerprint density at radius 3 is 2.53 bits per heavy atom. The molecule has 1 aromatic heterocycles. The number of nitrogens with two attached hydrogens (primary N) is 1. The van der Waals surface area contributed by atoms with Gasteiger partial charge in [-0.15, -0.1) is 0 Å². The van der Waals surface area contributed by atoms with Crippen molar-refractivity contribution in [3.63, 3.8) is 0 Å². The van der Waals surface area contributed by atoms with Gasteiger partial charge in [0.2, 0.25) is 0 Å². The fraction of sp³-hybridized carbons (Fsp3) is 0.692. The first kappa shape index (κ1) is 14.2. The Hall–Kier alpha value is -0.840. The molecule has 0 spiro atoms. The molecule has 0 amide bonds. The molecule has 1 atom stereocenters. The average molecular weight is 239 g/mol. The van der Waals surface area contributed by atoms with Crippen molar-refractivity contribution < 1.29 is 4.42 Å². The van der Waals surface area contributed by atoms with Gasteiger partial charge < -0.3 is 15.1 Å². The second kappa shape index (κ2) is 7.48. The summed E-state index contributed by atoms with van der Waals surface area (Å²) >= 11 is 0. The summed E-state index contributed by atoms with van der Waals surface area (Å²) in [5, 5.41) is 0. The maximum absolute atomic E-state index is 5.90. The molecular weight excluding hydrogens is 214 g/mol. The Morgan fingerprint density at radius 2 is 2.06 bits per heavy atom. The topological polar surface area (TPSA) is 45.6 Å². The highest BCUT2D eigenvalue weighted by Crippen LogP contribution is 2.20. The largest absolute Gasteiger partial charge is 0.472 e. The first-order valence-corrected chi connectivity index (χ1v) is 6.30. The van der Waals surface area contributed by atoms with Gasteiger partial charge in [-0.3, -0.25) is 4.90 Å². The third kappa shape index (κ3) is 4.50. The van der Waals surface area contributed by atoms with E-state index in [0.717, 1.165) is 26.1 Å². The zero-order valence-corrected chi connectivity index (χ0v) is 11.2. The van der Waals surface area contributed by atoms with Gasteiger partial charge in [0.05, 0.1) is 18.6 Å². The van der Waals surface area contributed by atoms with E-state index in [1.807, 2.05) is 6.07 Å². The minimum Gasteiger partial charge on any atom is -0.472 e. The SMILES string of the molecule is CCCN(CCN(C)C)C(CN)c1ccoc1. The Bertz CT molecular complexity index is 285. The van der Waals surface area contributed by atoms with Crippen LogP contribution in [0.4, 0.5) is 0 Å². The van der Waals surface area contributed by atoms with Gasteiger partial charge in [0.15, 0.2) is 0 Å². The highest BCUT2D eigenvalue weighted by atomic mass is 16.3. The van der Waals surface area contributed by atoms with E-state index in [0.29, 0.717) is 6.54 Å². The minimum atomic E-state index is 0.272. The normalized spacial score (nSPS) is 13.5. The molecule has 0 aliphatic rings. The van der Waals surface area contributed by atoms with E-state index in [2.05, 4.69) is 30.8 Å². The van der Waals surface area contributed by atoms with Crippen LogP contribution in [0.3, 0.4) is 0 Å². The van der Waals surface area contributed by atoms with Crippen LogP contribution in [0.25, 0.3) is 0 Å². The van der Waals surface area contributed by atoms with Crippen LogP contribution in [-0.2, 0) is 0 Å². The second-order valence-corrected chi connectivity index (χ2v) is 4.65. The van der Waals surface area contributed by atoms with E-state index < -0.39 is 0 Å². The molecule has 17 heavy (non-hydrogen) atoms. The van der Waals surface area contributed by atoms with E-state index in [1.165, 1.54) is 5.56 Å².